The summed E-state index contributed by atoms with van der Waals surface area (Å²) in [4.78, 5) is 13.6. The standard InChI is InChI=1S/C17H22N4OS/c1-4-18-17(19-5-1)21-7-8-22-16-12-20(6-2-15(16)11-21)10-14-3-9-23-13-14/h1,3-5,9,13,15-16H,2,6-8,10-12H2/t15-,16+/m1/s1. The van der Waals surface area contributed by atoms with E-state index >= 15 is 0 Å². The third-order valence-corrected chi connectivity index (χ3v) is 5.48. The van der Waals surface area contributed by atoms with Crippen LogP contribution in [0.4, 0.5) is 5.95 Å². The molecule has 0 amide bonds. The van der Waals surface area contributed by atoms with Crippen LogP contribution in [-0.2, 0) is 11.3 Å². The fourth-order valence-electron chi connectivity index (χ4n) is 3.54. The molecule has 2 aromatic rings. The van der Waals surface area contributed by atoms with E-state index in [1.807, 2.05) is 18.5 Å². The molecule has 4 rings (SSSR count). The molecule has 0 unspecified atom stereocenters. The first-order valence-corrected chi connectivity index (χ1v) is 9.20. The van der Waals surface area contributed by atoms with Crippen molar-refractivity contribution in [1.82, 2.24) is 14.9 Å². The summed E-state index contributed by atoms with van der Waals surface area (Å²) in [6.07, 6.45) is 5.14. The van der Waals surface area contributed by atoms with Gasteiger partial charge in [-0.25, -0.2) is 9.97 Å². The zero-order chi connectivity index (χ0) is 15.5. The summed E-state index contributed by atoms with van der Waals surface area (Å²) in [5, 5.41) is 4.40. The molecule has 4 heterocycles. The van der Waals surface area contributed by atoms with E-state index in [0.29, 0.717) is 12.0 Å². The van der Waals surface area contributed by atoms with E-state index in [9.17, 15) is 0 Å². The van der Waals surface area contributed by atoms with Crippen molar-refractivity contribution in [3.63, 3.8) is 0 Å². The molecule has 0 aliphatic carbocycles. The zero-order valence-corrected chi connectivity index (χ0v) is 14.0. The second-order valence-electron chi connectivity index (χ2n) is 6.32. The maximum absolute atomic E-state index is 6.17. The summed E-state index contributed by atoms with van der Waals surface area (Å²) >= 11 is 1.77. The number of hydrogen-bond donors (Lipinski definition) is 0. The first-order chi connectivity index (χ1) is 11.4. The highest BCUT2D eigenvalue weighted by Crippen LogP contribution is 2.26. The Morgan fingerprint density at radius 1 is 1.22 bits per heavy atom. The highest BCUT2D eigenvalue weighted by atomic mass is 32.1. The number of anilines is 1. The van der Waals surface area contributed by atoms with Gasteiger partial charge in [0.05, 0.1) is 12.7 Å². The lowest BCUT2D eigenvalue weighted by atomic mass is 9.93. The van der Waals surface area contributed by atoms with Crippen molar-refractivity contribution >= 4 is 17.3 Å². The Labute approximate surface area is 140 Å². The fraction of sp³-hybridized carbons (Fsp3) is 0.529. The smallest absolute Gasteiger partial charge is 0.225 e. The SMILES string of the molecule is c1cnc(N2CCO[C@H]3CN(Cc4ccsc4)CC[C@@H]3C2)nc1. The topological polar surface area (TPSA) is 41.5 Å². The van der Waals surface area contributed by atoms with Crippen molar-refractivity contribution in [2.75, 3.05) is 37.7 Å². The van der Waals surface area contributed by atoms with E-state index in [4.69, 9.17) is 4.74 Å². The first kappa shape index (κ1) is 15.1. The molecule has 2 aliphatic heterocycles. The van der Waals surface area contributed by atoms with E-state index in [-0.39, 0.29) is 0 Å². The van der Waals surface area contributed by atoms with Gasteiger partial charge in [-0.05, 0) is 41.4 Å². The summed E-state index contributed by atoms with van der Waals surface area (Å²) in [7, 11) is 0. The molecule has 5 nitrogen and oxygen atoms in total. The molecule has 0 aromatic carbocycles. The van der Waals surface area contributed by atoms with Crippen molar-refractivity contribution in [3.8, 4) is 0 Å². The van der Waals surface area contributed by atoms with Gasteiger partial charge in [0.15, 0.2) is 0 Å². The third kappa shape index (κ3) is 3.54. The Morgan fingerprint density at radius 2 is 2.13 bits per heavy atom. The Bertz CT molecular complexity index is 606. The molecule has 0 spiro atoms. The average molecular weight is 330 g/mol. The Balaban J connectivity index is 1.40. The van der Waals surface area contributed by atoms with Crippen LogP contribution in [0.15, 0.2) is 35.3 Å². The van der Waals surface area contributed by atoms with Crippen LogP contribution in [0.25, 0.3) is 0 Å². The number of ether oxygens (including phenoxy) is 1. The quantitative estimate of drug-likeness (QED) is 0.863. The van der Waals surface area contributed by atoms with Crippen LogP contribution in [0.3, 0.4) is 0 Å². The Hall–Kier alpha value is -1.50. The number of likely N-dealkylation sites (tertiary alicyclic amines) is 1. The van der Waals surface area contributed by atoms with E-state index in [0.717, 1.165) is 45.3 Å². The van der Waals surface area contributed by atoms with Gasteiger partial charge in [0.2, 0.25) is 5.95 Å². The lowest BCUT2D eigenvalue weighted by molar-refractivity contribution is -0.0239. The second kappa shape index (κ2) is 6.95. The van der Waals surface area contributed by atoms with Crippen molar-refractivity contribution in [3.05, 3.63) is 40.8 Å². The normalized spacial score (nSPS) is 25.8. The lowest BCUT2D eigenvalue weighted by Crippen LogP contribution is -2.46. The van der Waals surface area contributed by atoms with Crippen LogP contribution in [-0.4, -0.2) is 53.8 Å². The van der Waals surface area contributed by atoms with Gasteiger partial charge in [-0.3, -0.25) is 4.90 Å². The molecule has 122 valence electrons. The van der Waals surface area contributed by atoms with Gasteiger partial charge in [-0.1, -0.05) is 0 Å². The van der Waals surface area contributed by atoms with Crippen LogP contribution in [0, 0.1) is 5.92 Å². The van der Waals surface area contributed by atoms with Crippen molar-refractivity contribution in [1.29, 1.82) is 0 Å². The molecule has 2 aromatic heterocycles. The molecule has 0 N–H and O–H groups in total. The van der Waals surface area contributed by atoms with Gasteiger partial charge in [-0.2, -0.15) is 11.3 Å². The van der Waals surface area contributed by atoms with E-state index in [2.05, 4.69) is 36.6 Å². The predicted octanol–water partition coefficient (Wildman–Crippen LogP) is 2.27. The van der Waals surface area contributed by atoms with Crippen molar-refractivity contribution < 1.29 is 4.74 Å². The Morgan fingerprint density at radius 3 is 2.96 bits per heavy atom. The number of rotatable bonds is 3. The molecule has 0 radical (unpaired) electrons. The van der Waals surface area contributed by atoms with Gasteiger partial charge in [0.25, 0.3) is 0 Å². The van der Waals surface area contributed by atoms with Crippen LogP contribution < -0.4 is 4.90 Å². The predicted molar refractivity (Wildman–Crippen MR) is 91.7 cm³/mol. The van der Waals surface area contributed by atoms with Gasteiger partial charge in [0.1, 0.15) is 0 Å². The zero-order valence-electron chi connectivity index (χ0n) is 13.2. The van der Waals surface area contributed by atoms with E-state index < -0.39 is 0 Å². The van der Waals surface area contributed by atoms with Gasteiger partial charge in [-0.15, -0.1) is 0 Å². The van der Waals surface area contributed by atoms with Gasteiger partial charge >= 0.3 is 0 Å². The molecule has 2 saturated heterocycles. The minimum Gasteiger partial charge on any atom is -0.375 e. The maximum Gasteiger partial charge on any atom is 0.225 e. The molecule has 0 saturated carbocycles. The monoisotopic (exact) mass is 330 g/mol. The number of aromatic nitrogens is 2. The van der Waals surface area contributed by atoms with Crippen LogP contribution in [0.2, 0.25) is 0 Å². The summed E-state index contributed by atoms with van der Waals surface area (Å²) < 4.78 is 6.17. The molecule has 2 atom stereocenters. The maximum atomic E-state index is 6.17. The number of piperidine rings is 1. The van der Waals surface area contributed by atoms with Crippen molar-refractivity contribution in [2.45, 2.75) is 19.1 Å². The minimum absolute atomic E-state index is 0.330. The van der Waals surface area contributed by atoms with Crippen LogP contribution in [0.5, 0.6) is 0 Å². The molecule has 2 fully saturated rings. The highest BCUT2D eigenvalue weighted by molar-refractivity contribution is 7.07. The first-order valence-electron chi connectivity index (χ1n) is 8.25. The molecule has 6 heteroatoms. The fourth-order valence-corrected chi connectivity index (χ4v) is 4.20. The molecular formula is C17H22N4OS. The molecular weight excluding hydrogens is 308 g/mol. The van der Waals surface area contributed by atoms with Crippen molar-refractivity contribution in [2.24, 2.45) is 5.92 Å². The summed E-state index contributed by atoms with van der Waals surface area (Å²) in [5.41, 5.74) is 1.42. The summed E-state index contributed by atoms with van der Waals surface area (Å²) in [6.45, 7) is 5.85. The third-order valence-electron chi connectivity index (χ3n) is 4.75. The van der Waals surface area contributed by atoms with Crippen LogP contribution >= 0.6 is 11.3 Å². The lowest BCUT2D eigenvalue weighted by Gasteiger charge is -2.37. The average Bonchev–Trinajstić information content (AvgIpc) is 3.00. The summed E-state index contributed by atoms with van der Waals surface area (Å²) in [6, 6.07) is 4.09. The number of nitrogens with zero attached hydrogens (tertiary/aromatic N) is 4. The number of fused-ring (bicyclic) bond motifs is 1. The number of hydrogen-bond acceptors (Lipinski definition) is 6. The minimum atomic E-state index is 0.330. The molecule has 0 bridgehead atoms. The van der Waals surface area contributed by atoms with E-state index in [1.54, 1.807) is 11.3 Å². The van der Waals surface area contributed by atoms with Crippen LogP contribution in [0.1, 0.15) is 12.0 Å². The largest absolute Gasteiger partial charge is 0.375 e. The molecule has 23 heavy (non-hydrogen) atoms. The Kier molecular flexibility index (Phi) is 4.55. The molecule has 2 aliphatic rings. The highest BCUT2D eigenvalue weighted by Gasteiger charge is 2.33. The number of thiophene rings is 1. The summed E-state index contributed by atoms with van der Waals surface area (Å²) in [5.74, 6) is 1.40. The van der Waals surface area contributed by atoms with Gasteiger partial charge < -0.3 is 9.64 Å². The second-order valence-corrected chi connectivity index (χ2v) is 7.10. The van der Waals surface area contributed by atoms with E-state index in [1.165, 1.54) is 12.0 Å². The van der Waals surface area contributed by atoms with Gasteiger partial charge in [0, 0.05) is 44.5 Å².